The van der Waals surface area contributed by atoms with Crippen molar-refractivity contribution < 1.29 is 9.90 Å². The number of aliphatic hydroxyl groups excluding tert-OH is 1. The van der Waals surface area contributed by atoms with Crippen LogP contribution in [0, 0.1) is 11.3 Å². The van der Waals surface area contributed by atoms with Crippen molar-refractivity contribution in [2.75, 3.05) is 0 Å². The quantitative estimate of drug-likeness (QED) is 0.580. The summed E-state index contributed by atoms with van der Waals surface area (Å²) < 4.78 is 0. The molecule has 0 saturated carbocycles. The largest absolute Gasteiger partial charge is 0.512 e. The average Bonchev–Trinajstić information content (AvgIpc) is 2.08. The Kier molecular flexibility index (Phi) is 1.78. The Bertz CT molecular complexity index is 208. The minimum atomic E-state index is -0.00720. The third-order valence-electron chi connectivity index (χ3n) is 2.12. The molecule has 1 rings (SSSR count). The molecule has 1 unspecified atom stereocenters. The first-order chi connectivity index (χ1) is 4.91. The summed E-state index contributed by atoms with van der Waals surface area (Å²) in [5.74, 6) is 0.319. The van der Waals surface area contributed by atoms with Gasteiger partial charge in [-0.1, -0.05) is 20.8 Å². The molecule has 2 nitrogen and oxygen atoms in total. The normalized spacial score (nSPS) is 25.5. The van der Waals surface area contributed by atoms with Crippen LogP contribution in [0.5, 0.6) is 0 Å². The van der Waals surface area contributed by atoms with Gasteiger partial charge in [-0.3, -0.25) is 4.79 Å². The molecule has 1 aliphatic carbocycles. The van der Waals surface area contributed by atoms with E-state index in [0.717, 1.165) is 0 Å². The van der Waals surface area contributed by atoms with Gasteiger partial charge in [-0.05, 0) is 5.41 Å². The molecule has 0 aliphatic heterocycles. The van der Waals surface area contributed by atoms with Crippen LogP contribution in [-0.4, -0.2) is 10.9 Å². The lowest BCUT2D eigenvalue weighted by Gasteiger charge is -2.26. The Labute approximate surface area is 66.9 Å². The molecule has 1 N–H and O–H groups in total. The predicted molar refractivity (Wildman–Crippen MR) is 43.3 cm³/mol. The summed E-state index contributed by atoms with van der Waals surface area (Å²) in [5.41, 5.74) is -0.00720. The van der Waals surface area contributed by atoms with Crippen molar-refractivity contribution in [3.63, 3.8) is 0 Å². The van der Waals surface area contributed by atoms with Crippen LogP contribution >= 0.6 is 0 Å². The molecule has 0 aromatic heterocycles. The van der Waals surface area contributed by atoms with Gasteiger partial charge in [0.1, 0.15) is 0 Å². The zero-order valence-electron chi connectivity index (χ0n) is 7.22. The number of ketones is 1. The molecule has 1 atom stereocenters. The summed E-state index contributed by atoms with van der Waals surface area (Å²) in [7, 11) is 0. The van der Waals surface area contributed by atoms with E-state index < -0.39 is 0 Å². The van der Waals surface area contributed by atoms with E-state index >= 15 is 0 Å². The second kappa shape index (κ2) is 2.36. The first kappa shape index (κ1) is 8.31. The first-order valence-corrected chi connectivity index (χ1v) is 3.84. The summed E-state index contributed by atoms with van der Waals surface area (Å²) in [6.07, 6.45) is 1.81. The third kappa shape index (κ3) is 1.62. The fourth-order valence-corrected chi connectivity index (χ4v) is 1.38. The van der Waals surface area contributed by atoms with E-state index in [1.807, 2.05) is 20.8 Å². The molecule has 1 aliphatic rings. The van der Waals surface area contributed by atoms with Crippen molar-refractivity contribution in [2.45, 2.75) is 27.2 Å². The van der Waals surface area contributed by atoms with Gasteiger partial charge in [0.15, 0.2) is 5.78 Å². The van der Waals surface area contributed by atoms with Crippen LogP contribution in [-0.2, 0) is 4.79 Å². The Morgan fingerprint density at radius 2 is 2.09 bits per heavy atom. The van der Waals surface area contributed by atoms with Crippen molar-refractivity contribution >= 4 is 5.78 Å². The van der Waals surface area contributed by atoms with Gasteiger partial charge in [-0.25, -0.2) is 0 Å². The number of carbonyl (C=O) groups excluding carboxylic acids is 1. The smallest absolute Gasteiger partial charge is 0.159 e. The lowest BCUT2D eigenvalue weighted by molar-refractivity contribution is -0.115. The highest BCUT2D eigenvalue weighted by molar-refractivity contribution is 5.93. The Balaban J connectivity index is 2.80. The maximum atomic E-state index is 10.9. The predicted octanol–water partition coefficient (Wildman–Crippen LogP) is 2.06. The first-order valence-electron chi connectivity index (χ1n) is 3.84. The van der Waals surface area contributed by atoms with Gasteiger partial charge in [-0.2, -0.15) is 0 Å². The van der Waals surface area contributed by atoms with E-state index in [1.54, 1.807) is 0 Å². The van der Waals surface area contributed by atoms with Crippen molar-refractivity contribution in [1.82, 2.24) is 0 Å². The van der Waals surface area contributed by atoms with Crippen LogP contribution in [0.25, 0.3) is 0 Å². The highest BCUT2D eigenvalue weighted by atomic mass is 16.3. The minimum absolute atomic E-state index is 0.00720. The number of aliphatic hydroxyl groups is 1. The Morgan fingerprint density at radius 1 is 1.55 bits per heavy atom. The molecule has 0 bridgehead atoms. The van der Waals surface area contributed by atoms with Gasteiger partial charge in [-0.15, -0.1) is 0 Å². The summed E-state index contributed by atoms with van der Waals surface area (Å²) in [6.45, 7) is 6.08. The second-order valence-electron chi connectivity index (χ2n) is 4.16. The molecule has 0 fully saturated rings. The second-order valence-corrected chi connectivity index (χ2v) is 4.16. The van der Waals surface area contributed by atoms with Crippen LogP contribution < -0.4 is 0 Å². The SMILES string of the molecule is CC(C)(C)C1CC(=O)C=C1O. The van der Waals surface area contributed by atoms with Gasteiger partial charge in [0.2, 0.25) is 0 Å². The molecular weight excluding hydrogens is 140 g/mol. The number of hydrogen-bond acceptors (Lipinski definition) is 2. The number of allylic oxidation sites excluding steroid dienone is 2. The highest BCUT2D eigenvalue weighted by Crippen LogP contribution is 2.37. The number of rotatable bonds is 0. The number of hydrogen-bond donors (Lipinski definition) is 1. The topological polar surface area (TPSA) is 37.3 Å². The molecule has 2 heteroatoms. The lowest BCUT2D eigenvalue weighted by Crippen LogP contribution is -2.20. The van der Waals surface area contributed by atoms with Crippen LogP contribution in [0.4, 0.5) is 0 Å². The molecule has 0 spiro atoms. The Morgan fingerprint density at radius 3 is 2.27 bits per heavy atom. The van der Waals surface area contributed by atoms with E-state index in [1.165, 1.54) is 6.08 Å². The van der Waals surface area contributed by atoms with E-state index in [9.17, 15) is 9.90 Å². The van der Waals surface area contributed by atoms with E-state index in [4.69, 9.17) is 0 Å². The van der Waals surface area contributed by atoms with Gasteiger partial charge in [0, 0.05) is 18.4 Å². The molecule has 0 aromatic carbocycles. The van der Waals surface area contributed by atoms with Crippen molar-refractivity contribution in [1.29, 1.82) is 0 Å². The van der Waals surface area contributed by atoms with E-state index in [0.29, 0.717) is 6.42 Å². The summed E-state index contributed by atoms with van der Waals surface area (Å²) in [6, 6.07) is 0. The van der Waals surface area contributed by atoms with Gasteiger partial charge in [0.05, 0.1) is 5.76 Å². The zero-order chi connectivity index (χ0) is 8.65. The fourth-order valence-electron chi connectivity index (χ4n) is 1.38. The molecular formula is C9H14O2. The molecule has 62 valence electrons. The van der Waals surface area contributed by atoms with Gasteiger partial charge in [0.25, 0.3) is 0 Å². The summed E-state index contributed by atoms with van der Waals surface area (Å²) in [4.78, 5) is 10.9. The lowest BCUT2D eigenvalue weighted by atomic mass is 9.79. The Hall–Kier alpha value is -0.790. The minimum Gasteiger partial charge on any atom is -0.512 e. The molecule has 0 amide bonds. The summed E-state index contributed by atoms with van der Waals surface area (Å²) >= 11 is 0. The average molecular weight is 154 g/mol. The molecule has 0 saturated heterocycles. The van der Waals surface area contributed by atoms with Crippen LogP contribution in [0.2, 0.25) is 0 Å². The van der Waals surface area contributed by atoms with Crippen LogP contribution in [0.15, 0.2) is 11.8 Å². The van der Waals surface area contributed by atoms with Crippen molar-refractivity contribution in [3.8, 4) is 0 Å². The van der Waals surface area contributed by atoms with E-state index in [-0.39, 0.29) is 22.9 Å². The van der Waals surface area contributed by atoms with Gasteiger partial charge < -0.3 is 5.11 Å². The zero-order valence-corrected chi connectivity index (χ0v) is 7.22. The maximum Gasteiger partial charge on any atom is 0.159 e. The van der Waals surface area contributed by atoms with Crippen molar-refractivity contribution in [2.24, 2.45) is 11.3 Å². The highest BCUT2D eigenvalue weighted by Gasteiger charge is 2.34. The molecule has 0 heterocycles. The van der Waals surface area contributed by atoms with Crippen LogP contribution in [0.1, 0.15) is 27.2 Å². The summed E-state index contributed by atoms with van der Waals surface area (Å²) in [5, 5.41) is 9.34. The van der Waals surface area contributed by atoms with Crippen molar-refractivity contribution in [3.05, 3.63) is 11.8 Å². The molecule has 11 heavy (non-hydrogen) atoms. The third-order valence-corrected chi connectivity index (χ3v) is 2.12. The standard InChI is InChI=1S/C9H14O2/c1-9(2,3)7-4-6(10)5-8(7)11/h5,7,11H,4H2,1-3H3. The maximum absolute atomic E-state index is 10.9. The monoisotopic (exact) mass is 154 g/mol. The molecule has 0 aromatic rings. The van der Waals surface area contributed by atoms with Crippen LogP contribution in [0.3, 0.4) is 0 Å². The number of carbonyl (C=O) groups is 1. The molecule has 0 radical (unpaired) electrons. The van der Waals surface area contributed by atoms with Gasteiger partial charge >= 0.3 is 0 Å². The van der Waals surface area contributed by atoms with E-state index in [2.05, 4.69) is 0 Å². The fraction of sp³-hybridized carbons (Fsp3) is 0.667.